The van der Waals surface area contributed by atoms with Crippen LogP contribution in [0.3, 0.4) is 0 Å². The molecule has 0 aromatic heterocycles. The number of phenolic OH excluding ortho intramolecular Hbond substituents is 1. The fourth-order valence-corrected chi connectivity index (χ4v) is 4.44. The largest absolute Gasteiger partial charge is 0.504 e. The van der Waals surface area contributed by atoms with Crippen molar-refractivity contribution in [2.24, 2.45) is 5.41 Å². The molecule has 1 aliphatic carbocycles. The van der Waals surface area contributed by atoms with Gasteiger partial charge in [0.05, 0.1) is 18.8 Å². The molecule has 0 amide bonds. The Morgan fingerprint density at radius 1 is 1.19 bits per heavy atom. The Labute approximate surface area is 189 Å². The number of hydrogen-bond acceptors (Lipinski definition) is 7. The first kappa shape index (κ1) is 23.9. The van der Waals surface area contributed by atoms with E-state index in [2.05, 4.69) is 19.2 Å². The summed E-state index contributed by atoms with van der Waals surface area (Å²) in [4.78, 5) is 26.5. The molecule has 32 heavy (non-hydrogen) atoms. The number of nitrogens with one attached hydrogen (secondary N) is 1. The number of esters is 1. The summed E-state index contributed by atoms with van der Waals surface area (Å²) in [5, 5.41) is 13.5. The standard InChI is InChI=1S/C25H33NO6/c1-6-30-10-11-32-24(29)21-15(3)26-17-13-25(4,5)14-19(28)23(17)22(21)16-8-9-18(27)20(12-16)31-7-2/h8-9,12,22,26-27H,6-7,10-11,13-14H2,1-5H3/t22-/m0/s1. The Morgan fingerprint density at radius 2 is 1.94 bits per heavy atom. The molecule has 0 spiro atoms. The highest BCUT2D eigenvalue weighted by Gasteiger charge is 2.43. The van der Waals surface area contributed by atoms with E-state index < -0.39 is 11.9 Å². The van der Waals surface area contributed by atoms with Crippen molar-refractivity contribution in [3.05, 3.63) is 46.3 Å². The van der Waals surface area contributed by atoms with Crippen LogP contribution in [0, 0.1) is 5.41 Å². The minimum atomic E-state index is -0.603. The number of phenols is 1. The summed E-state index contributed by atoms with van der Waals surface area (Å²) >= 11 is 0. The second kappa shape index (κ2) is 9.77. The lowest BCUT2D eigenvalue weighted by Crippen LogP contribution is -2.38. The van der Waals surface area contributed by atoms with Gasteiger partial charge in [0.25, 0.3) is 0 Å². The van der Waals surface area contributed by atoms with Crippen molar-refractivity contribution in [2.45, 2.75) is 53.4 Å². The summed E-state index contributed by atoms with van der Waals surface area (Å²) in [6.07, 6.45) is 1.09. The molecular formula is C25H33NO6. The van der Waals surface area contributed by atoms with Gasteiger partial charge in [-0.2, -0.15) is 0 Å². The average molecular weight is 444 g/mol. The van der Waals surface area contributed by atoms with E-state index in [1.165, 1.54) is 6.07 Å². The van der Waals surface area contributed by atoms with Crippen molar-refractivity contribution in [3.8, 4) is 11.5 Å². The second-order valence-corrected chi connectivity index (χ2v) is 8.92. The number of carbonyl (C=O) groups is 2. The summed E-state index contributed by atoms with van der Waals surface area (Å²) in [7, 11) is 0. The third kappa shape index (κ3) is 4.99. The van der Waals surface area contributed by atoms with Gasteiger partial charge in [-0.05, 0) is 50.3 Å². The Hall–Kier alpha value is -2.80. The smallest absolute Gasteiger partial charge is 0.336 e. The van der Waals surface area contributed by atoms with Gasteiger partial charge in [0.2, 0.25) is 0 Å². The van der Waals surface area contributed by atoms with Crippen LogP contribution >= 0.6 is 0 Å². The number of aromatic hydroxyl groups is 1. The van der Waals surface area contributed by atoms with Gasteiger partial charge >= 0.3 is 5.97 Å². The zero-order valence-electron chi connectivity index (χ0n) is 19.5. The summed E-state index contributed by atoms with van der Waals surface area (Å²) in [5.74, 6) is -0.761. The molecule has 2 N–H and O–H groups in total. The first-order valence-electron chi connectivity index (χ1n) is 11.1. The average Bonchev–Trinajstić information content (AvgIpc) is 2.71. The lowest BCUT2D eigenvalue weighted by Gasteiger charge is -2.39. The minimum absolute atomic E-state index is 0.00639. The topological polar surface area (TPSA) is 94.1 Å². The van der Waals surface area contributed by atoms with Gasteiger partial charge in [-0.1, -0.05) is 19.9 Å². The highest BCUT2D eigenvalue weighted by Crippen LogP contribution is 2.47. The zero-order chi connectivity index (χ0) is 23.5. The number of benzene rings is 1. The quantitative estimate of drug-likeness (QED) is 0.464. The summed E-state index contributed by atoms with van der Waals surface area (Å²) in [6.45, 7) is 11.0. The van der Waals surface area contributed by atoms with Crippen molar-refractivity contribution in [1.29, 1.82) is 0 Å². The molecule has 174 valence electrons. The molecule has 0 saturated carbocycles. The molecular weight excluding hydrogens is 410 g/mol. The van der Waals surface area contributed by atoms with E-state index in [1.807, 2.05) is 20.8 Å². The summed E-state index contributed by atoms with van der Waals surface area (Å²) in [6, 6.07) is 4.96. The fraction of sp³-hybridized carbons (Fsp3) is 0.520. The maximum atomic E-state index is 13.3. The highest BCUT2D eigenvalue weighted by molar-refractivity contribution is 6.04. The maximum absolute atomic E-state index is 13.3. The number of Topliss-reactive ketones (excluding diaryl/α,β-unsaturated/α-hetero) is 1. The Morgan fingerprint density at radius 3 is 2.62 bits per heavy atom. The molecule has 0 saturated heterocycles. The molecule has 0 unspecified atom stereocenters. The van der Waals surface area contributed by atoms with Crippen LogP contribution in [0.4, 0.5) is 0 Å². The van der Waals surface area contributed by atoms with Gasteiger partial charge in [0, 0.05) is 35.9 Å². The molecule has 2 aliphatic rings. The van der Waals surface area contributed by atoms with E-state index in [4.69, 9.17) is 14.2 Å². The molecule has 0 bridgehead atoms. The van der Waals surface area contributed by atoms with Gasteiger partial charge in [-0.3, -0.25) is 4.79 Å². The Balaban J connectivity index is 2.07. The molecule has 0 fully saturated rings. The van der Waals surface area contributed by atoms with Crippen LogP contribution in [0.25, 0.3) is 0 Å². The van der Waals surface area contributed by atoms with Gasteiger partial charge in [-0.15, -0.1) is 0 Å². The van der Waals surface area contributed by atoms with E-state index in [1.54, 1.807) is 12.1 Å². The van der Waals surface area contributed by atoms with E-state index >= 15 is 0 Å². The van der Waals surface area contributed by atoms with Crippen LogP contribution in [-0.4, -0.2) is 43.3 Å². The molecule has 7 nitrogen and oxygen atoms in total. The predicted molar refractivity (Wildman–Crippen MR) is 120 cm³/mol. The number of dihydropyridines is 1. The van der Waals surface area contributed by atoms with Crippen LogP contribution in [-0.2, 0) is 19.1 Å². The molecule has 0 radical (unpaired) electrons. The number of ketones is 1. The number of ether oxygens (including phenoxy) is 3. The van der Waals surface area contributed by atoms with Crippen molar-refractivity contribution >= 4 is 11.8 Å². The predicted octanol–water partition coefficient (Wildman–Crippen LogP) is 3.97. The van der Waals surface area contributed by atoms with Gasteiger partial charge in [0.1, 0.15) is 6.61 Å². The lowest BCUT2D eigenvalue weighted by molar-refractivity contribution is -0.140. The van der Waals surface area contributed by atoms with Crippen LogP contribution in [0.1, 0.15) is 58.9 Å². The third-order valence-corrected chi connectivity index (χ3v) is 5.74. The van der Waals surface area contributed by atoms with Crippen molar-refractivity contribution < 1.29 is 28.9 Å². The van der Waals surface area contributed by atoms with Crippen LogP contribution in [0.5, 0.6) is 11.5 Å². The monoisotopic (exact) mass is 443 g/mol. The number of rotatable bonds is 8. The van der Waals surface area contributed by atoms with Crippen LogP contribution < -0.4 is 10.1 Å². The summed E-state index contributed by atoms with van der Waals surface area (Å²) < 4.78 is 16.3. The molecule has 1 atom stereocenters. The van der Waals surface area contributed by atoms with Crippen molar-refractivity contribution in [3.63, 3.8) is 0 Å². The van der Waals surface area contributed by atoms with Crippen molar-refractivity contribution in [1.82, 2.24) is 5.32 Å². The van der Waals surface area contributed by atoms with Gasteiger partial charge in [-0.25, -0.2) is 4.79 Å². The second-order valence-electron chi connectivity index (χ2n) is 8.92. The van der Waals surface area contributed by atoms with Crippen LogP contribution in [0.15, 0.2) is 40.7 Å². The van der Waals surface area contributed by atoms with Crippen LogP contribution in [0.2, 0.25) is 0 Å². The van der Waals surface area contributed by atoms with Gasteiger partial charge < -0.3 is 24.6 Å². The molecule has 1 aliphatic heterocycles. The SMILES string of the molecule is CCOCCOC(=O)C1=C(C)NC2=C(C(=O)CC(C)(C)C2)[C@H]1c1ccc(O)c(OCC)c1. The number of carbonyl (C=O) groups excluding carboxylic acids is 2. The molecule has 3 rings (SSSR count). The summed E-state index contributed by atoms with van der Waals surface area (Å²) in [5.41, 5.74) is 3.00. The number of allylic oxidation sites excluding steroid dienone is 3. The fourth-order valence-electron chi connectivity index (χ4n) is 4.44. The van der Waals surface area contributed by atoms with E-state index in [-0.39, 0.29) is 23.6 Å². The maximum Gasteiger partial charge on any atom is 0.336 e. The molecule has 1 aromatic rings. The Kier molecular flexibility index (Phi) is 7.29. The van der Waals surface area contributed by atoms with E-state index in [0.717, 1.165) is 5.70 Å². The van der Waals surface area contributed by atoms with Crippen molar-refractivity contribution in [2.75, 3.05) is 26.4 Å². The molecule has 1 heterocycles. The minimum Gasteiger partial charge on any atom is -0.504 e. The zero-order valence-corrected chi connectivity index (χ0v) is 19.5. The molecule has 7 heteroatoms. The van der Waals surface area contributed by atoms with E-state index in [0.29, 0.717) is 60.8 Å². The normalized spacial score (nSPS) is 20.0. The van der Waals surface area contributed by atoms with E-state index in [9.17, 15) is 14.7 Å². The lowest BCUT2D eigenvalue weighted by atomic mass is 9.68. The molecule has 1 aromatic carbocycles. The number of hydrogen-bond donors (Lipinski definition) is 2. The third-order valence-electron chi connectivity index (χ3n) is 5.74. The Bertz CT molecular complexity index is 959. The first-order valence-corrected chi connectivity index (χ1v) is 11.1. The first-order chi connectivity index (χ1) is 15.2. The van der Waals surface area contributed by atoms with Gasteiger partial charge in [0.15, 0.2) is 17.3 Å². The highest BCUT2D eigenvalue weighted by atomic mass is 16.6.